The molecule has 1 N–H and O–H groups in total. The second-order valence-corrected chi connectivity index (χ2v) is 12.3. The van der Waals surface area contributed by atoms with Gasteiger partial charge in [0.1, 0.15) is 11.8 Å². The number of likely N-dealkylation sites (N-methyl/N-ethyl adjacent to an activating group) is 1. The molecule has 8 nitrogen and oxygen atoms in total. The van der Waals surface area contributed by atoms with E-state index >= 15 is 0 Å². The average molecular weight is 621 g/mol. The Morgan fingerprint density at radius 1 is 0.976 bits per heavy atom. The van der Waals surface area contributed by atoms with Gasteiger partial charge in [0.05, 0.1) is 24.1 Å². The van der Waals surface area contributed by atoms with Crippen molar-refractivity contribution >= 4 is 50.7 Å². The number of nitrogens with one attached hydrogen (secondary N) is 1. The van der Waals surface area contributed by atoms with Gasteiger partial charge in [-0.1, -0.05) is 65.7 Å². The summed E-state index contributed by atoms with van der Waals surface area (Å²) in [6.07, 6.45) is 1.65. The highest BCUT2D eigenvalue weighted by Crippen LogP contribution is 2.30. The predicted molar refractivity (Wildman–Crippen MR) is 164 cm³/mol. The quantitative estimate of drug-likeness (QED) is 0.263. The number of carbonyl (C=O) groups is 2. The molecule has 0 saturated carbocycles. The minimum Gasteiger partial charge on any atom is -0.495 e. The largest absolute Gasteiger partial charge is 0.495 e. The first kappa shape index (κ1) is 32.2. The Morgan fingerprint density at radius 3 is 2.29 bits per heavy atom. The fraction of sp³-hybridized carbons (Fsp3) is 0.333. The van der Waals surface area contributed by atoms with Gasteiger partial charge in [0.15, 0.2) is 0 Å². The van der Waals surface area contributed by atoms with Crippen LogP contribution in [0.2, 0.25) is 10.0 Å². The zero-order chi connectivity index (χ0) is 30.0. The molecule has 2 amide bonds. The van der Waals surface area contributed by atoms with Crippen molar-refractivity contribution in [3.05, 3.63) is 94.0 Å². The first-order chi connectivity index (χ1) is 19.5. The molecular weight excluding hydrogens is 585 g/mol. The number of methoxy groups -OCH3 is 1. The van der Waals surface area contributed by atoms with Crippen molar-refractivity contribution in [2.24, 2.45) is 0 Å². The second kappa shape index (κ2) is 15.1. The van der Waals surface area contributed by atoms with Crippen molar-refractivity contribution in [2.75, 3.05) is 30.8 Å². The first-order valence-electron chi connectivity index (χ1n) is 13.2. The lowest BCUT2D eigenvalue weighted by Crippen LogP contribution is -2.50. The number of nitrogens with zero attached hydrogens (tertiary/aromatic N) is 2. The number of ether oxygens (including phenoxy) is 1. The maximum atomic E-state index is 13.8. The Balaban J connectivity index is 1.87. The molecule has 220 valence electrons. The predicted octanol–water partition coefficient (Wildman–Crippen LogP) is 5.32. The minimum absolute atomic E-state index is 0.0150. The van der Waals surface area contributed by atoms with Crippen LogP contribution in [0, 0.1) is 0 Å². The molecule has 0 saturated heterocycles. The number of hydrogen-bond donors (Lipinski definition) is 1. The SMILES string of the molecule is CCNC(=O)[C@@H](Cc1ccccc1)N(Cc1cccc(Cl)c1)C(=O)CCCN(c1ccc(OC)c(Cl)c1)S(C)(=O)=O. The van der Waals surface area contributed by atoms with E-state index in [1.807, 2.05) is 43.3 Å². The van der Waals surface area contributed by atoms with E-state index in [9.17, 15) is 18.0 Å². The van der Waals surface area contributed by atoms with Crippen LogP contribution in [0.4, 0.5) is 5.69 Å². The van der Waals surface area contributed by atoms with Gasteiger partial charge in [0.2, 0.25) is 21.8 Å². The van der Waals surface area contributed by atoms with Crippen LogP contribution >= 0.6 is 23.2 Å². The van der Waals surface area contributed by atoms with Crippen molar-refractivity contribution in [2.45, 2.75) is 38.8 Å². The monoisotopic (exact) mass is 619 g/mol. The first-order valence-corrected chi connectivity index (χ1v) is 15.8. The zero-order valence-electron chi connectivity index (χ0n) is 23.3. The number of carbonyl (C=O) groups excluding carboxylic acids is 2. The van der Waals surface area contributed by atoms with Gasteiger partial charge in [-0.3, -0.25) is 13.9 Å². The Bertz CT molecular complexity index is 1440. The average Bonchev–Trinajstić information content (AvgIpc) is 2.93. The number of halogens is 2. The molecule has 0 spiro atoms. The molecule has 0 bridgehead atoms. The number of rotatable bonds is 14. The second-order valence-electron chi connectivity index (χ2n) is 9.51. The third-order valence-electron chi connectivity index (χ3n) is 6.44. The number of sulfonamides is 1. The molecular formula is C30H35Cl2N3O5S. The van der Waals surface area contributed by atoms with Crippen LogP contribution in [-0.2, 0) is 32.6 Å². The van der Waals surface area contributed by atoms with E-state index in [0.717, 1.165) is 17.4 Å². The lowest BCUT2D eigenvalue weighted by Gasteiger charge is -2.32. The molecule has 3 rings (SSSR count). The fourth-order valence-corrected chi connectivity index (χ4v) is 5.91. The van der Waals surface area contributed by atoms with Gasteiger partial charge in [0, 0.05) is 37.5 Å². The highest BCUT2D eigenvalue weighted by molar-refractivity contribution is 7.92. The maximum absolute atomic E-state index is 13.8. The molecule has 1 atom stereocenters. The van der Waals surface area contributed by atoms with Crippen molar-refractivity contribution in [1.82, 2.24) is 10.2 Å². The van der Waals surface area contributed by atoms with E-state index in [1.165, 1.54) is 17.5 Å². The zero-order valence-corrected chi connectivity index (χ0v) is 25.7. The van der Waals surface area contributed by atoms with Crippen LogP contribution in [-0.4, -0.2) is 57.6 Å². The summed E-state index contributed by atoms with van der Waals surface area (Å²) in [7, 11) is -2.20. The molecule has 0 unspecified atom stereocenters. The normalized spacial score (nSPS) is 11.9. The molecule has 0 aromatic heterocycles. The third-order valence-corrected chi connectivity index (χ3v) is 8.16. The van der Waals surface area contributed by atoms with Crippen molar-refractivity contribution < 1.29 is 22.7 Å². The summed E-state index contributed by atoms with van der Waals surface area (Å²) in [5, 5.41) is 3.65. The van der Waals surface area contributed by atoms with E-state index in [0.29, 0.717) is 29.4 Å². The Morgan fingerprint density at radius 2 is 1.68 bits per heavy atom. The van der Waals surface area contributed by atoms with Gasteiger partial charge in [-0.25, -0.2) is 8.42 Å². The Kier molecular flexibility index (Phi) is 11.9. The summed E-state index contributed by atoms with van der Waals surface area (Å²) < 4.78 is 31.7. The minimum atomic E-state index is -3.67. The number of anilines is 1. The molecule has 11 heteroatoms. The summed E-state index contributed by atoms with van der Waals surface area (Å²) >= 11 is 12.5. The van der Waals surface area contributed by atoms with Gasteiger partial charge in [-0.15, -0.1) is 0 Å². The van der Waals surface area contributed by atoms with Crippen LogP contribution in [0.25, 0.3) is 0 Å². The topological polar surface area (TPSA) is 96.0 Å². The van der Waals surface area contributed by atoms with E-state index in [1.54, 1.807) is 35.2 Å². The Hall–Kier alpha value is -3.27. The standard InChI is InChI=1S/C30H35Cl2N3O5S/c1-4-33-30(37)27(19-22-10-6-5-7-11-22)34(21-23-12-8-13-24(31)18-23)29(36)14-9-17-35(41(3,38)39)25-15-16-28(40-2)26(32)20-25/h5-8,10-13,15-16,18,20,27H,4,9,14,17,19,21H2,1-3H3,(H,33,37)/t27-/m1/s1. The summed E-state index contributed by atoms with van der Waals surface area (Å²) in [6, 6.07) is 20.6. The molecule has 3 aromatic carbocycles. The number of benzene rings is 3. The van der Waals surface area contributed by atoms with Gasteiger partial charge in [-0.05, 0) is 54.8 Å². The van der Waals surface area contributed by atoms with Crippen LogP contribution < -0.4 is 14.4 Å². The third kappa shape index (κ3) is 9.38. The highest BCUT2D eigenvalue weighted by atomic mass is 35.5. The van der Waals surface area contributed by atoms with Gasteiger partial charge < -0.3 is 15.0 Å². The van der Waals surface area contributed by atoms with Gasteiger partial charge in [-0.2, -0.15) is 0 Å². The summed E-state index contributed by atoms with van der Waals surface area (Å²) in [4.78, 5) is 28.6. The molecule has 0 fully saturated rings. The molecule has 0 aliphatic rings. The van der Waals surface area contributed by atoms with Crippen molar-refractivity contribution in [1.29, 1.82) is 0 Å². The number of hydrogen-bond acceptors (Lipinski definition) is 5. The lowest BCUT2D eigenvalue weighted by atomic mass is 10.0. The Labute approximate surface area is 252 Å². The van der Waals surface area contributed by atoms with Crippen LogP contribution in [0.3, 0.4) is 0 Å². The van der Waals surface area contributed by atoms with Crippen molar-refractivity contribution in [3.63, 3.8) is 0 Å². The van der Waals surface area contributed by atoms with Crippen LogP contribution in [0.1, 0.15) is 30.9 Å². The van der Waals surface area contributed by atoms with Crippen LogP contribution in [0.15, 0.2) is 72.8 Å². The van der Waals surface area contributed by atoms with Gasteiger partial charge in [0.25, 0.3) is 0 Å². The lowest BCUT2D eigenvalue weighted by molar-refractivity contribution is -0.141. The van der Waals surface area contributed by atoms with Gasteiger partial charge >= 0.3 is 0 Å². The molecule has 3 aromatic rings. The summed E-state index contributed by atoms with van der Waals surface area (Å²) in [6.45, 7) is 2.45. The van der Waals surface area contributed by atoms with E-state index in [-0.39, 0.29) is 42.8 Å². The highest BCUT2D eigenvalue weighted by Gasteiger charge is 2.30. The van der Waals surface area contributed by atoms with E-state index in [4.69, 9.17) is 27.9 Å². The summed E-state index contributed by atoms with van der Waals surface area (Å²) in [5.74, 6) is -0.124. The summed E-state index contributed by atoms with van der Waals surface area (Å²) in [5.41, 5.74) is 2.05. The smallest absolute Gasteiger partial charge is 0.243 e. The molecule has 0 aliphatic heterocycles. The van der Waals surface area contributed by atoms with Crippen molar-refractivity contribution in [3.8, 4) is 5.75 Å². The van der Waals surface area contributed by atoms with Crippen LogP contribution in [0.5, 0.6) is 5.75 Å². The maximum Gasteiger partial charge on any atom is 0.243 e. The molecule has 0 heterocycles. The molecule has 41 heavy (non-hydrogen) atoms. The number of amides is 2. The molecule has 0 radical (unpaired) electrons. The molecule has 0 aliphatic carbocycles. The van der Waals surface area contributed by atoms with E-state index in [2.05, 4.69) is 5.32 Å². The van der Waals surface area contributed by atoms with E-state index < -0.39 is 16.1 Å². The fourth-order valence-electron chi connectivity index (χ4n) is 4.49.